The predicted octanol–water partition coefficient (Wildman–Crippen LogP) is 9.89. The number of halogens is 2. The van der Waals surface area contributed by atoms with Crippen LogP contribution in [0.1, 0.15) is 116 Å². The van der Waals surface area contributed by atoms with Gasteiger partial charge < -0.3 is 15.0 Å². The number of carbonyl (C=O) groups excluding carboxylic acids is 2. The van der Waals surface area contributed by atoms with Crippen LogP contribution in [0.2, 0.25) is 10.0 Å². The summed E-state index contributed by atoms with van der Waals surface area (Å²) >= 11 is 12.8. The molecule has 0 spiro atoms. The molecule has 0 radical (unpaired) electrons. The molecule has 3 atom stereocenters. The molecule has 3 amide bonds. The summed E-state index contributed by atoms with van der Waals surface area (Å²) in [6.07, 6.45) is 6.93. The Labute approximate surface area is 320 Å². The largest absolute Gasteiger partial charge is 0.493 e. The average molecular weight is 749 g/mol. The summed E-state index contributed by atoms with van der Waals surface area (Å²) in [5.74, 6) is 1.40. The molecule has 10 heteroatoms. The second-order valence-electron chi connectivity index (χ2n) is 15.7. The smallest absolute Gasteiger partial charge is 0.326 e. The number of nitrogens with zero attached hydrogens (tertiary/aromatic N) is 4. The number of urea groups is 1. The van der Waals surface area contributed by atoms with E-state index in [0.717, 1.165) is 48.9 Å². The standard InChI is InChI=1S/C42H55Cl2N5O3/c1-9-11-12-28(3)46-37(50)25-29-21-23-48(24-22-29)39(51)49-38(34-27-45-36(40(4,5)6)26-35(34)52-10-2)47-41(7,30-13-17-32(43)18-14-30)42(49,8)31-15-19-33(44)20-16-31/h13-20,26-29H,9-12,21-25H2,1-8H3,(H,46,50)/t28-,41-,42+/m0/s1. The molecule has 1 saturated heterocycles. The maximum absolute atomic E-state index is 15.3. The summed E-state index contributed by atoms with van der Waals surface area (Å²) in [5, 5.41) is 4.39. The Kier molecular flexibility index (Phi) is 12.3. The quantitative estimate of drug-likeness (QED) is 0.212. The van der Waals surface area contributed by atoms with Crippen LogP contribution in [0.15, 0.2) is 65.8 Å². The zero-order valence-corrected chi connectivity index (χ0v) is 33.6. The number of carbonyl (C=O) groups is 2. The summed E-state index contributed by atoms with van der Waals surface area (Å²) in [5.41, 5.74) is 1.09. The molecule has 1 fully saturated rings. The molecule has 0 saturated carbocycles. The van der Waals surface area contributed by atoms with Crippen molar-refractivity contribution in [3.63, 3.8) is 0 Å². The number of ether oxygens (including phenoxy) is 1. The SMILES string of the molecule is CCCC[C@H](C)NC(=O)CC1CCN(C(=O)N2C(c3cnc(C(C)(C)C)cc3OCC)=N[C@@](C)(c3ccc(Cl)cc3)[C@@]2(C)c2ccc(Cl)cc2)CC1. The number of amidine groups is 1. The summed E-state index contributed by atoms with van der Waals surface area (Å²) in [4.78, 5) is 42.4. The molecule has 1 N–H and O–H groups in total. The molecule has 2 aromatic carbocycles. The fraction of sp³-hybridized carbons (Fsp3) is 0.524. The van der Waals surface area contributed by atoms with Gasteiger partial charge in [-0.2, -0.15) is 0 Å². The van der Waals surface area contributed by atoms with Crippen LogP contribution in [-0.2, 0) is 21.3 Å². The molecule has 3 aromatic rings. The van der Waals surface area contributed by atoms with E-state index in [1.54, 1.807) is 6.20 Å². The first-order valence-corrected chi connectivity index (χ1v) is 19.5. The van der Waals surface area contributed by atoms with Gasteiger partial charge in [-0.05, 0) is 88.3 Å². The lowest BCUT2D eigenvalue weighted by atomic mass is 9.71. The highest BCUT2D eigenvalue weighted by atomic mass is 35.5. The number of likely N-dealkylation sites (tertiary alicyclic amines) is 1. The molecule has 52 heavy (non-hydrogen) atoms. The number of unbranched alkanes of at least 4 members (excludes halogenated alkanes) is 1. The minimum Gasteiger partial charge on any atom is -0.493 e. The average Bonchev–Trinajstić information content (AvgIpc) is 3.35. The number of hydrogen-bond donors (Lipinski definition) is 1. The van der Waals surface area contributed by atoms with Crippen LogP contribution >= 0.6 is 23.2 Å². The Bertz CT molecular complexity index is 1750. The molecule has 0 bridgehead atoms. The highest BCUT2D eigenvalue weighted by Crippen LogP contribution is 2.54. The lowest BCUT2D eigenvalue weighted by Gasteiger charge is -2.47. The summed E-state index contributed by atoms with van der Waals surface area (Å²) < 4.78 is 6.29. The van der Waals surface area contributed by atoms with E-state index in [2.05, 4.69) is 53.8 Å². The minimum atomic E-state index is -1.02. The Morgan fingerprint density at radius 1 is 0.981 bits per heavy atom. The number of piperidine rings is 1. The van der Waals surface area contributed by atoms with Gasteiger partial charge in [0.05, 0.1) is 12.2 Å². The normalized spacial score (nSPS) is 21.5. The van der Waals surface area contributed by atoms with Gasteiger partial charge in [0, 0.05) is 59.0 Å². The number of nitrogens with one attached hydrogen (secondary N) is 1. The number of aliphatic imine (C=N–C) groups is 1. The third-order valence-corrected chi connectivity index (χ3v) is 11.4. The first-order chi connectivity index (χ1) is 24.6. The fourth-order valence-electron chi connectivity index (χ4n) is 7.51. The molecule has 2 aliphatic rings. The van der Waals surface area contributed by atoms with Gasteiger partial charge in [0.2, 0.25) is 5.91 Å². The molecular weight excluding hydrogens is 693 g/mol. The van der Waals surface area contributed by atoms with Crippen molar-refractivity contribution in [3.8, 4) is 5.75 Å². The first kappa shape index (κ1) is 39.6. The highest BCUT2D eigenvalue weighted by molar-refractivity contribution is 6.30. The number of benzene rings is 2. The van der Waals surface area contributed by atoms with Crippen molar-refractivity contribution in [1.82, 2.24) is 20.1 Å². The lowest BCUT2D eigenvalue weighted by molar-refractivity contribution is -0.122. The summed E-state index contributed by atoms with van der Waals surface area (Å²) in [6, 6.07) is 17.3. The van der Waals surface area contributed by atoms with Gasteiger partial charge in [0.15, 0.2) is 0 Å². The molecule has 0 unspecified atom stereocenters. The maximum Gasteiger partial charge on any atom is 0.326 e. The van der Waals surface area contributed by atoms with Crippen molar-refractivity contribution in [2.75, 3.05) is 19.7 Å². The Balaban J connectivity index is 1.58. The van der Waals surface area contributed by atoms with Gasteiger partial charge in [-0.15, -0.1) is 0 Å². The number of hydrogen-bond acceptors (Lipinski definition) is 5. The van der Waals surface area contributed by atoms with Crippen molar-refractivity contribution in [2.45, 2.75) is 116 Å². The van der Waals surface area contributed by atoms with E-state index in [4.69, 9.17) is 37.9 Å². The Hall–Kier alpha value is -3.62. The number of aromatic nitrogens is 1. The zero-order valence-electron chi connectivity index (χ0n) is 32.1. The van der Waals surface area contributed by atoms with Crippen LogP contribution in [0, 0.1) is 5.92 Å². The second kappa shape index (κ2) is 16.2. The van der Waals surface area contributed by atoms with Crippen LogP contribution in [0.5, 0.6) is 5.75 Å². The van der Waals surface area contributed by atoms with Crippen LogP contribution in [-0.4, -0.2) is 58.3 Å². The molecular formula is C42H55Cl2N5O3. The van der Waals surface area contributed by atoms with E-state index in [-0.39, 0.29) is 29.3 Å². The van der Waals surface area contributed by atoms with Gasteiger partial charge in [0.25, 0.3) is 0 Å². The van der Waals surface area contributed by atoms with Crippen LogP contribution < -0.4 is 10.1 Å². The van der Waals surface area contributed by atoms with Crippen LogP contribution in [0.25, 0.3) is 0 Å². The van der Waals surface area contributed by atoms with Gasteiger partial charge in [0.1, 0.15) is 22.7 Å². The van der Waals surface area contributed by atoms with Gasteiger partial charge in [-0.3, -0.25) is 19.7 Å². The molecule has 3 heterocycles. The fourth-order valence-corrected chi connectivity index (χ4v) is 7.76. The Morgan fingerprint density at radius 3 is 2.13 bits per heavy atom. The number of pyridine rings is 1. The number of rotatable bonds is 11. The van der Waals surface area contributed by atoms with E-state index < -0.39 is 11.1 Å². The van der Waals surface area contributed by atoms with Crippen LogP contribution in [0.4, 0.5) is 4.79 Å². The summed E-state index contributed by atoms with van der Waals surface area (Å²) in [6.45, 7) is 18.2. The van der Waals surface area contributed by atoms with Crippen molar-refractivity contribution in [1.29, 1.82) is 0 Å². The van der Waals surface area contributed by atoms with Crippen molar-refractivity contribution >= 4 is 41.0 Å². The molecule has 0 aliphatic carbocycles. The maximum atomic E-state index is 15.3. The topological polar surface area (TPSA) is 87.1 Å². The zero-order chi connectivity index (χ0) is 37.8. The van der Waals surface area contributed by atoms with E-state index in [1.807, 2.05) is 71.3 Å². The Morgan fingerprint density at radius 2 is 1.58 bits per heavy atom. The monoisotopic (exact) mass is 747 g/mol. The number of amides is 3. The van der Waals surface area contributed by atoms with Crippen molar-refractivity contribution in [2.24, 2.45) is 10.9 Å². The van der Waals surface area contributed by atoms with Gasteiger partial charge in [-0.25, -0.2) is 4.79 Å². The molecule has 5 rings (SSSR count). The second-order valence-corrected chi connectivity index (χ2v) is 16.6. The highest BCUT2D eigenvalue weighted by Gasteiger charge is 2.60. The van der Waals surface area contributed by atoms with Gasteiger partial charge in [-0.1, -0.05) is 88.0 Å². The summed E-state index contributed by atoms with van der Waals surface area (Å²) in [7, 11) is 0. The van der Waals surface area contributed by atoms with E-state index in [9.17, 15) is 4.79 Å². The molecule has 8 nitrogen and oxygen atoms in total. The van der Waals surface area contributed by atoms with Gasteiger partial charge >= 0.3 is 6.03 Å². The molecule has 280 valence electrons. The van der Waals surface area contributed by atoms with E-state index in [0.29, 0.717) is 53.3 Å². The molecule has 2 aliphatic heterocycles. The van der Waals surface area contributed by atoms with Crippen molar-refractivity contribution < 1.29 is 14.3 Å². The minimum absolute atomic E-state index is 0.0889. The van der Waals surface area contributed by atoms with Crippen molar-refractivity contribution in [3.05, 3.63) is 93.2 Å². The third kappa shape index (κ3) is 8.13. The lowest BCUT2D eigenvalue weighted by Crippen LogP contribution is -2.59. The van der Waals surface area contributed by atoms with Crippen LogP contribution in [0.3, 0.4) is 0 Å². The predicted molar refractivity (Wildman–Crippen MR) is 212 cm³/mol. The van der Waals surface area contributed by atoms with E-state index in [1.165, 1.54) is 0 Å². The van der Waals surface area contributed by atoms with E-state index >= 15 is 4.79 Å². The third-order valence-electron chi connectivity index (χ3n) is 10.9. The molecule has 1 aromatic heterocycles. The first-order valence-electron chi connectivity index (χ1n) is 18.8.